The third-order valence-corrected chi connectivity index (χ3v) is 3.74. The molecule has 0 saturated carbocycles. The van der Waals surface area contributed by atoms with E-state index in [1.165, 1.54) is 0 Å². The molecule has 1 N–H and O–H groups in total. The number of nitrogens with zero attached hydrogens (tertiary/aromatic N) is 2. The Kier molecular flexibility index (Phi) is 4.89. The van der Waals surface area contributed by atoms with E-state index in [2.05, 4.69) is 36.1 Å². The highest BCUT2D eigenvalue weighted by Crippen LogP contribution is 2.16. The second-order valence-electron chi connectivity index (χ2n) is 5.31. The van der Waals surface area contributed by atoms with Crippen LogP contribution >= 0.6 is 0 Å². The number of aryl methyl sites for hydroxylation is 2. The fraction of sp³-hybridized carbons (Fsp3) is 0.471. The molecule has 4 heteroatoms. The number of carbonyl (C=O) groups excluding carboxylic acids is 1. The molecule has 2 aromatic rings. The molecule has 1 heterocycles. The maximum Gasteiger partial charge on any atom is 0.251 e. The number of hydrogen-bond donors (Lipinski definition) is 1. The first-order chi connectivity index (χ1) is 10.1. The van der Waals surface area contributed by atoms with Crippen molar-refractivity contribution in [1.82, 2.24) is 15.3 Å². The number of hydrogen-bond acceptors (Lipinski definition) is 3. The van der Waals surface area contributed by atoms with Crippen LogP contribution in [0.3, 0.4) is 0 Å². The summed E-state index contributed by atoms with van der Waals surface area (Å²) in [5.74, 6) is -0.0503. The Bertz CT molecular complexity index is 652. The van der Waals surface area contributed by atoms with Crippen LogP contribution in [-0.4, -0.2) is 21.9 Å². The summed E-state index contributed by atoms with van der Waals surface area (Å²) in [4.78, 5) is 21.5. The molecule has 0 radical (unpaired) electrons. The Morgan fingerprint density at radius 1 is 1.10 bits per heavy atom. The Balaban J connectivity index is 2.39. The lowest BCUT2D eigenvalue weighted by molar-refractivity contribution is 0.0939. The van der Waals surface area contributed by atoms with Gasteiger partial charge in [0, 0.05) is 11.6 Å². The largest absolute Gasteiger partial charge is 0.350 e. The van der Waals surface area contributed by atoms with Gasteiger partial charge in [-0.3, -0.25) is 4.79 Å². The van der Waals surface area contributed by atoms with E-state index in [1.54, 1.807) is 0 Å². The molecule has 0 bridgehead atoms. The zero-order chi connectivity index (χ0) is 15.4. The predicted octanol–water partition coefficient (Wildman–Crippen LogP) is 3.28. The van der Waals surface area contributed by atoms with E-state index in [1.807, 2.05) is 25.1 Å². The quantitative estimate of drug-likeness (QED) is 0.917. The van der Waals surface area contributed by atoms with Gasteiger partial charge in [-0.1, -0.05) is 20.8 Å². The topological polar surface area (TPSA) is 54.9 Å². The lowest BCUT2D eigenvalue weighted by Gasteiger charge is -2.12. The van der Waals surface area contributed by atoms with E-state index in [-0.39, 0.29) is 11.9 Å². The van der Waals surface area contributed by atoms with Gasteiger partial charge in [0.25, 0.3) is 5.91 Å². The minimum absolute atomic E-state index is 0.0503. The molecular weight excluding hydrogens is 262 g/mol. The van der Waals surface area contributed by atoms with E-state index in [4.69, 9.17) is 0 Å². The van der Waals surface area contributed by atoms with Crippen molar-refractivity contribution in [2.45, 2.75) is 53.0 Å². The molecule has 0 saturated heterocycles. The molecule has 0 aliphatic rings. The number of rotatable bonds is 5. The van der Waals surface area contributed by atoms with Gasteiger partial charge in [0.15, 0.2) is 0 Å². The summed E-state index contributed by atoms with van der Waals surface area (Å²) in [5, 5.41) is 2.97. The second kappa shape index (κ2) is 6.66. The fourth-order valence-corrected chi connectivity index (χ4v) is 2.24. The molecule has 112 valence electrons. The number of nitrogens with one attached hydrogen (secondary N) is 1. The molecule has 1 aromatic heterocycles. The lowest BCUT2D eigenvalue weighted by atomic mass is 10.1. The Labute approximate surface area is 126 Å². The highest BCUT2D eigenvalue weighted by molar-refractivity contribution is 5.97. The SMILES string of the molecule is CCc1nc2ccc(C(=O)N[C@H](C)CC)cc2nc1CC. The molecule has 0 unspecified atom stereocenters. The molecule has 1 atom stereocenters. The van der Waals surface area contributed by atoms with Gasteiger partial charge in [-0.2, -0.15) is 0 Å². The fourth-order valence-electron chi connectivity index (χ4n) is 2.24. The Morgan fingerprint density at radius 3 is 2.29 bits per heavy atom. The van der Waals surface area contributed by atoms with Crippen molar-refractivity contribution in [3.8, 4) is 0 Å². The zero-order valence-corrected chi connectivity index (χ0v) is 13.2. The highest BCUT2D eigenvalue weighted by Gasteiger charge is 2.11. The summed E-state index contributed by atoms with van der Waals surface area (Å²) < 4.78 is 0. The zero-order valence-electron chi connectivity index (χ0n) is 13.2. The third-order valence-electron chi connectivity index (χ3n) is 3.74. The second-order valence-corrected chi connectivity index (χ2v) is 5.31. The molecule has 0 spiro atoms. The van der Waals surface area contributed by atoms with Gasteiger partial charge < -0.3 is 5.32 Å². The van der Waals surface area contributed by atoms with Gasteiger partial charge >= 0.3 is 0 Å². The van der Waals surface area contributed by atoms with Crippen LogP contribution in [0, 0.1) is 0 Å². The van der Waals surface area contributed by atoms with E-state index < -0.39 is 0 Å². The first-order valence-electron chi connectivity index (χ1n) is 7.69. The number of carbonyl (C=O) groups is 1. The van der Waals surface area contributed by atoms with Crippen molar-refractivity contribution in [3.05, 3.63) is 35.2 Å². The minimum Gasteiger partial charge on any atom is -0.350 e. The van der Waals surface area contributed by atoms with Crippen LogP contribution in [0.2, 0.25) is 0 Å². The van der Waals surface area contributed by atoms with Gasteiger partial charge in [0.2, 0.25) is 0 Å². The highest BCUT2D eigenvalue weighted by atomic mass is 16.1. The number of fused-ring (bicyclic) bond motifs is 1. The maximum absolute atomic E-state index is 12.2. The normalized spacial score (nSPS) is 12.4. The lowest BCUT2D eigenvalue weighted by Crippen LogP contribution is -2.31. The van der Waals surface area contributed by atoms with Gasteiger partial charge in [0.1, 0.15) is 0 Å². The number of benzene rings is 1. The standard InChI is InChI=1S/C17H23N3O/c1-5-11(4)18-17(21)12-8-9-15-16(10-12)20-14(7-3)13(6-2)19-15/h8-11H,5-7H2,1-4H3,(H,18,21)/t11-/m1/s1. The van der Waals surface area contributed by atoms with Crippen LogP contribution in [0.25, 0.3) is 11.0 Å². The summed E-state index contributed by atoms with van der Waals surface area (Å²) in [6.45, 7) is 8.22. The first-order valence-corrected chi connectivity index (χ1v) is 7.69. The summed E-state index contributed by atoms with van der Waals surface area (Å²) in [6, 6.07) is 5.71. The van der Waals surface area contributed by atoms with E-state index >= 15 is 0 Å². The van der Waals surface area contributed by atoms with Crippen LogP contribution in [0.5, 0.6) is 0 Å². The average Bonchev–Trinajstić information content (AvgIpc) is 2.52. The van der Waals surface area contributed by atoms with Crippen LogP contribution in [-0.2, 0) is 12.8 Å². The summed E-state index contributed by atoms with van der Waals surface area (Å²) in [5.41, 5.74) is 4.35. The Hall–Kier alpha value is -1.97. The van der Waals surface area contributed by atoms with Crippen molar-refractivity contribution in [2.24, 2.45) is 0 Å². The summed E-state index contributed by atoms with van der Waals surface area (Å²) >= 11 is 0. The third kappa shape index (κ3) is 3.38. The molecule has 4 nitrogen and oxygen atoms in total. The molecule has 1 aromatic carbocycles. The smallest absolute Gasteiger partial charge is 0.251 e. The van der Waals surface area contributed by atoms with Gasteiger partial charge in [-0.05, 0) is 44.4 Å². The number of aromatic nitrogens is 2. The molecule has 0 aliphatic heterocycles. The van der Waals surface area contributed by atoms with E-state index in [0.29, 0.717) is 5.56 Å². The molecule has 2 rings (SSSR count). The van der Waals surface area contributed by atoms with Crippen LogP contribution in [0.15, 0.2) is 18.2 Å². The van der Waals surface area contributed by atoms with Crippen molar-refractivity contribution in [2.75, 3.05) is 0 Å². The molecule has 0 fully saturated rings. The van der Waals surface area contributed by atoms with Gasteiger partial charge in [-0.15, -0.1) is 0 Å². The summed E-state index contributed by atoms with van der Waals surface area (Å²) in [6.07, 6.45) is 2.65. The van der Waals surface area contributed by atoms with Gasteiger partial charge in [0.05, 0.1) is 22.4 Å². The van der Waals surface area contributed by atoms with Crippen molar-refractivity contribution in [1.29, 1.82) is 0 Å². The molecule has 21 heavy (non-hydrogen) atoms. The predicted molar refractivity (Wildman–Crippen MR) is 85.5 cm³/mol. The molecule has 0 aliphatic carbocycles. The monoisotopic (exact) mass is 285 g/mol. The van der Waals surface area contributed by atoms with Crippen molar-refractivity contribution in [3.63, 3.8) is 0 Å². The van der Waals surface area contributed by atoms with Crippen LogP contribution < -0.4 is 5.32 Å². The van der Waals surface area contributed by atoms with Crippen LogP contribution in [0.1, 0.15) is 55.9 Å². The van der Waals surface area contributed by atoms with Crippen molar-refractivity contribution >= 4 is 16.9 Å². The Morgan fingerprint density at radius 2 is 1.71 bits per heavy atom. The van der Waals surface area contributed by atoms with Crippen LogP contribution in [0.4, 0.5) is 0 Å². The average molecular weight is 285 g/mol. The molecular formula is C17H23N3O. The molecule has 1 amide bonds. The minimum atomic E-state index is -0.0503. The first kappa shape index (κ1) is 15.4. The van der Waals surface area contributed by atoms with E-state index in [9.17, 15) is 4.79 Å². The maximum atomic E-state index is 12.2. The van der Waals surface area contributed by atoms with Gasteiger partial charge in [-0.25, -0.2) is 9.97 Å². The summed E-state index contributed by atoms with van der Waals surface area (Å²) in [7, 11) is 0. The number of amides is 1. The van der Waals surface area contributed by atoms with E-state index in [0.717, 1.165) is 41.7 Å². The van der Waals surface area contributed by atoms with Crippen molar-refractivity contribution < 1.29 is 4.79 Å².